The first-order chi connectivity index (χ1) is 7.77. The Morgan fingerprint density at radius 1 is 1.12 bits per heavy atom. The van der Waals surface area contributed by atoms with E-state index in [1.54, 1.807) is 0 Å². The molecule has 17 heavy (non-hydrogen) atoms. The lowest BCUT2D eigenvalue weighted by Gasteiger charge is -2.29. The molecular weight excluding hydrogens is 208 g/mol. The fourth-order valence-electron chi connectivity index (χ4n) is 1.59. The van der Waals surface area contributed by atoms with Gasteiger partial charge in [0.2, 0.25) is 0 Å². The highest BCUT2D eigenvalue weighted by Gasteiger charge is 2.24. The Balaban J connectivity index is 2.76. The molecule has 0 unspecified atom stereocenters. The summed E-state index contributed by atoms with van der Waals surface area (Å²) in [6.07, 6.45) is 0. The summed E-state index contributed by atoms with van der Waals surface area (Å²) >= 11 is 0. The highest BCUT2D eigenvalue weighted by Crippen LogP contribution is 2.23. The van der Waals surface area contributed by atoms with Crippen molar-refractivity contribution in [3.63, 3.8) is 0 Å². The summed E-state index contributed by atoms with van der Waals surface area (Å²) in [7, 11) is 0. The highest BCUT2D eigenvalue weighted by atomic mass is 15.0. The molecule has 0 radical (unpaired) electrons. The predicted octanol–water partition coefficient (Wildman–Crippen LogP) is 3.16. The molecule has 0 heterocycles. The molecule has 1 rings (SSSR count). The molecule has 1 aromatic carbocycles. The van der Waals surface area contributed by atoms with Crippen molar-refractivity contribution >= 4 is 0 Å². The van der Waals surface area contributed by atoms with Gasteiger partial charge in [0, 0.05) is 12.0 Å². The average molecular weight is 230 g/mol. The van der Waals surface area contributed by atoms with Crippen LogP contribution >= 0.6 is 0 Å². The van der Waals surface area contributed by atoms with Crippen molar-refractivity contribution in [2.45, 2.75) is 45.6 Å². The minimum absolute atomic E-state index is 0.0296. The molecule has 2 nitrogen and oxygen atoms in total. The fraction of sp³-hybridized carbons (Fsp3) is 0.533. The van der Waals surface area contributed by atoms with Crippen molar-refractivity contribution in [2.75, 3.05) is 6.54 Å². The predicted molar refractivity (Wildman–Crippen MR) is 71.9 cm³/mol. The van der Waals surface area contributed by atoms with E-state index in [9.17, 15) is 0 Å². The van der Waals surface area contributed by atoms with Crippen LogP contribution in [0.25, 0.3) is 0 Å². The second-order valence-corrected chi connectivity index (χ2v) is 5.84. The Hall–Kier alpha value is -1.33. The van der Waals surface area contributed by atoms with Gasteiger partial charge in [-0.15, -0.1) is 0 Å². The summed E-state index contributed by atoms with van der Waals surface area (Å²) in [6.45, 7) is 11.1. The minimum atomic E-state index is -0.470. The van der Waals surface area contributed by atoms with Gasteiger partial charge in [0.1, 0.15) is 5.54 Å². The molecule has 0 aromatic heterocycles. The number of hydrogen-bond donors (Lipinski definition) is 1. The number of nitrogens with one attached hydrogen (secondary N) is 1. The van der Waals surface area contributed by atoms with E-state index in [1.165, 1.54) is 11.1 Å². The molecule has 0 fully saturated rings. The Morgan fingerprint density at radius 3 is 2.12 bits per heavy atom. The maximum atomic E-state index is 8.99. The number of hydrogen-bond acceptors (Lipinski definition) is 2. The molecule has 0 saturated heterocycles. The number of nitriles is 1. The summed E-state index contributed by atoms with van der Waals surface area (Å²) < 4.78 is 0. The van der Waals surface area contributed by atoms with E-state index < -0.39 is 5.54 Å². The van der Waals surface area contributed by atoms with Gasteiger partial charge in [0.15, 0.2) is 0 Å². The molecule has 0 amide bonds. The molecule has 0 spiro atoms. The van der Waals surface area contributed by atoms with E-state index in [2.05, 4.69) is 56.4 Å². The largest absolute Gasteiger partial charge is 0.299 e. The summed E-state index contributed by atoms with van der Waals surface area (Å²) in [5.41, 5.74) is 2.13. The van der Waals surface area contributed by atoms with Crippen LogP contribution < -0.4 is 5.32 Å². The standard InChI is InChI=1S/C15H22N2/c1-12-6-8-13(9-7-12)14(2,3)11-17-15(4,5)10-16/h6-9,17H,11H2,1-5H3. The third-order valence-corrected chi connectivity index (χ3v) is 3.08. The first-order valence-electron chi connectivity index (χ1n) is 6.00. The highest BCUT2D eigenvalue weighted by molar-refractivity contribution is 5.28. The Labute approximate surface area is 105 Å². The summed E-state index contributed by atoms with van der Waals surface area (Å²) in [5.74, 6) is 0. The first-order valence-corrected chi connectivity index (χ1v) is 6.00. The molecule has 0 saturated carbocycles. The van der Waals surface area contributed by atoms with Crippen LogP contribution in [0.5, 0.6) is 0 Å². The van der Waals surface area contributed by atoms with Gasteiger partial charge in [-0.1, -0.05) is 43.7 Å². The monoisotopic (exact) mass is 230 g/mol. The molecule has 1 N–H and O–H groups in total. The van der Waals surface area contributed by atoms with Crippen LogP contribution in [0.4, 0.5) is 0 Å². The van der Waals surface area contributed by atoms with E-state index in [0.717, 1.165) is 6.54 Å². The van der Waals surface area contributed by atoms with Crippen LogP contribution in [0, 0.1) is 18.3 Å². The number of benzene rings is 1. The zero-order valence-corrected chi connectivity index (χ0v) is 11.5. The Bertz CT molecular complexity index is 408. The Morgan fingerprint density at radius 2 is 1.65 bits per heavy atom. The van der Waals surface area contributed by atoms with Crippen LogP contribution in [0.3, 0.4) is 0 Å². The molecule has 0 aliphatic carbocycles. The maximum absolute atomic E-state index is 8.99. The van der Waals surface area contributed by atoms with Gasteiger partial charge in [0.25, 0.3) is 0 Å². The quantitative estimate of drug-likeness (QED) is 0.862. The van der Waals surface area contributed by atoms with Gasteiger partial charge in [-0.2, -0.15) is 5.26 Å². The molecule has 0 aliphatic rings. The normalized spacial score (nSPS) is 12.2. The van der Waals surface area contributed by atoms with Crippen LogP contribution in [0.2, 0.25) is 0 Å². The third-order valence-electron chi connectivity index (χ3n) is 3.08. The third kappa shape index (κ3) is 3.87. The molecule has 1 aromatic rings. The van der Waals surface area contributed by atoms with Crippen molar-refractivity contribution < 1.29 is 0 Å². The first kappa shape index (κ1) is 13.7. The molecule has 0 atom stereocenters. The lowest BCUT2D eigenvalue weighted by molar-refractivity contribution is 0.397. The van der Waals surface area contributed by atoms with E-state index in [0.29, 0.717) is 0 Å². The van der Waals surface area contributed by atoms with Crippen molar-refractivity contribution in [1.82, 2.24) is 5.32 Å². The number of aryl methyl sites for hydroxylation is 1. The molecule has 92 valence electrons. The van der Waals surface area contributed by atoms with Gasteiger partial charge in [-0.05, 0) is 26.3 Å². The zero-order chi connectivity index (χ0) is 13.1. The van der Waals surface area contributed by atoms with Crippen molar-refractivity contribution in [3.8, 4) is 6.07 Å². The second-order valence-electron chi connectivity index (χ2n) is 5.84. The summed E-state index contributed by atoms with van der Waals surface area (Å²) in [4.78, 5) is 0. The minimum Gasteiger partial charge on any atom is -0.299 e. The van der Waals surface area contributed by atoms with Gasteiger partial charge in [0.05, 0.1) is 6.07 Å². The van der Waals surface area contributed by atoms with Crippen LogP contribution in [0.15, 0.2) is 24.3 Å². The lowest BCUT2D eigenvalue weighted by Crippen LogP contribution is -2.44. The van der Waals surface area contributed by atoms with Gasteiger partial charge in [-0.25, -0.2) is 0 Å². The second kappa shape index (κ2) is 4.89. The van der Waals surface area contributed by atoms with Gasteiger partial charge >= 0.3 is 0 Å². The average Bonchev–Trinajstić information content (AvgIpc) is 2.27. The van der Waals surface area contributed by atoms with Crippen molar-refractivity contribution in [1.29, 1.82) is 5.26 Å². The molecular formula is C15H22N2. The van der Waals surface area contributed by atoms with Crippen LogP contribution in [-0.4, -0.2) is 12.1 Å². The van der Waals surface area contributed by atoms with Crippen molar-refractivity contribution in [3.05, 3.63) is 35.4 Å². The summed E-state index contributed by atoms with van der Waals surface area (Å²) in [5, 5.41) is 12.3. The Kier molecular flexibility index (Phi) is 3.95. The summed E-state index contributed by atoms with van der Waals surface area (Å²) in [6, 6.07) is 10.9. The molecule has 2 heteroatoms. The smallest absolute Gasteiger partial charge is 0.101 e. The van der Waals surface area contributed by atoms with Gasteiger partial charge < -0.3 is 0 Å². The molecule has 0 bridgehead atoms. The van der Waals surface area contributed by atoms with E-state index in [4.69, 9.17) is 5.26 Å². The molecule has 0 aliphatic heterocycles. The van der Waals surface area contributed by atoms with Crippen LogP contribution in [0.1, 0.15) is 38.8 Å². The topological polar surface area (TPSA) is 35.8 Å². The van der Waals surface area contributed by atoms with E-state index >= 15 is 0 Å². The number of nitrogens with zero attached hydrogens (tertiary/aromatic N) is 1. The lowest BCUT2D eigenvalue weighted by atomic mass is 9.83. The number of rotatable bonds is 4. The zero-order valence-electron chi connectivity index (χ0n) is 11.5. The maximum Gasteiger partial charge on any atom is 0.101 e. The van der Waals surface area contributed by atoms with Gasteiger partial charge in [-0.3, -0.25) is 5.32 Å². The van der Waals surface area contributed by atoms with Crippen molar-refractivity contribution in [2.24, 2.45) is 0 Å². The fourth-order valence-corrected chi connectivity index (χ4v) is 1.59. The SMILES string of the molecule is Cc1ccc(C(C)(C)CNC(C)(C)C#N)cc1. The van der Waals surface area contributed by atoms with E-state index in [1.807, 2.05) is 13.8 Å². The van der Waals surface area contributed by atoms with E-state index in [-0.39, 0.29) is 5.41 Å². The van der Waals surface area contributed by atoms with Crippen LogP contribution in [-0.2, 0) is 5.41 Å².